The van der Waals surface area contributed by atoms with Crippen LogP contribution in [0.25, 0.3) is 10.9 Å². The normalized spacial score (nSPS) is 20.1. The average molecular weight is 341 g/mol. The molecule has 1 aliphatic rings. The number of nitrogens with one attached hydrogen (secondary N) is 2. The molecule has 1 amide bonds. The molecule has 1 aliphatic heterocycles. The molecule has 4 rings (SSSR count). The summed E-state index contributed by atoms with van der Waals surface area (Å²) >= 11 is 0. The Kier molecular flexibility index (Phi) is 3.89. The molecule has 2 atom stereocenters. The van der Waals surface area contributed by atoms with Gasteiger partial charge in [0.05, 0.1) is 48.9 Å². The Morgan fingerprint density at radius 1 is 1.40 bits per heavy atom. The Labute approximate surface area is 144 Å². The van der Waals surface area contributed by atoms with E-state index in [1.807, 2.05) is 26.1 Å². The number of carbonyl (C=O) groups is 1. The van der Waals surface area contributed by atoms with Crippen molar-refractivity contribution < 1.29 is 14.3 Å². The van der Waals surface area contributed by atoms with Crippen LogP contribution in [0.3, 0.4) is 0 Å². The van der Waals surface area contributed by atoms with Crippen molar-refractivity contribution in [3.63, 3.8) is 0 Å². The first kappa shape index (κ1) is 15.6. The van der Waals surface area contributed by atoms with Crippen LogP contribution in [0.15, 0.2) is 30.7 Å². The van der Waals surface area contributed by atoms with Crippen molar-refractivity contribution in [2.45, 2.75) is 19.1 Å². The fraction of sp³-hybridized carbons (Fsp3) is 0.353. The second-order valence-corrected chi connectivity index (χ2v) is 6.27. The predicted octanol–water partition coefficient (Wildman–Crippen LogP) is 1.18. The topological polar surface area (TPSA) is 94.1 Å². The maximum atomic E-state index is 12.8. The van der Waals surface area contributed by atoms with Gasteiger partial charge in [-0.15, -0.1) is 0 Å². The Morgan fingerprint density at radius 2 is 2.28 bits per heavy atom. The Hall–Kier alpha value is -2.87. The molecular weight excluding hydrogens is 322 g/mol. The maximum Gasteiger partial charge on any atom is 0.253 e. The third-order valence-corrected chi connectivity index (χ3v) is 4.25. The molecule has 2 N–H and O–H groups in total. The van der Waals surface area contributed by atoms with E-state index in [1.165, 1.54) is 0 Å². The molecule has 130 valence electrons. The number of aryl methyl sites for hydroxylation is 2. The summed E-state index contributed by atoms with van der Waals surface area (Å²) in [5.41, 5.74) is 2.30. The quantitative estimate of drug-likeness (QED) is 0.743. The zero-order valence-corrected chi connectivity index (χ0v) is 14.0. The first-order chi connectivity index (χ1) is 12.1. The first-order valence-electron chi connectivity index (χ1n) is 8.08. The molecule has 0 radical (unpaired) electrons. The summed E-state index contributed by atoms with van der Waals surface area (Å²) in [7, 11) is 1.82. The molecule has 1 aromatic carbocycles. The van der Waals surface area contributed by atoms with Crippen LogP contribution in [-0.2, 0) is 11.8 Å². The standard InChI is InChI=1S/C17H19N5O3/c1-10-3-11-5-18-21-16(11)13(4-10)17(23)20-14-8-24-9-15(14)25-12-6-19-22(2)7-12/h3-7,14-15H,8-9H2,1-2H3,(H,18,21)(H,20,23)/t14-,15+/m0/s1. The van der Waals surface area contributed by atoms with Crippen molar-refractivity contribution in [3.05, 3.63) is 41.9 Å². The van der Waals surface area contributed by atoms with Crippen LogP contribution in [0.5, 0.6) is 5.75 Å². The maximum absolute atomic E-state index is 12.8. The van der Waals surface area contributed by atoms with Gasteiger partial charge in [-0.25, -0.2) is 0 Å². The monoisotopic (exact) mass is 341 g/mol. The Bertz CT molecular complexity index is 916. The molecule has 25 heavy (non-hydrogen) atoms. The Morgan fingerprint density at radius 3 is 3.08 bits per heavy atom. The minimum atomic E-state index is -0.254. The van der Waals surface area contributed by atoms with Gasteiger partial charge < -0.3 is 14.8 Å². The van der Waals surface area contributed by atoms with E-state index in [9.17, 15) is 4.79 Å². The second kappa shape index (κ2) is 6.21. The van der Waals surface area contributed by atoms with E-state index >= 15 is 0 Å². The molecular formula is C17H19N5O3. The number of H-pyrrole nitrogens is 1. The summed E-state index contributed by atoms with van der Waals surface area (Å²) in [5, 5.41) is 14.9. The average Bonchev–Trinajstić information content (AvgIpc) is 3.29. The molecule has 3 aromatic rings. The minimum Gasteiger partial charge on any atom is -0.482 e. The highest BCUT2D eigenvalue weighted by Gasteiger charge is 2.32. The summed E-state index contributed by atoms with van der Waals surface area (Å²) in [5.74, 6) is 0.483. The van der Waals surface area contributed by atoms with Crippen molar-refractivity contribution in [1.82, 2.24) is 25.3 Å². The van der Waals surface area contributed by atoms with Gasteiger partial charge in [0.25, 0.3) is 5.91 Å². The van der Waals surface area contributed by atoms with Crippen LogP contribution in [0, 0.1) is 6.92 Å². The van der Waals surface area contributed by atoms with Gasteiger partial charge in [-0.3, -0.25) is 14.6 Å². The van der Waals surface area contributed by atoms with Gasteiger partial charge in [-0.05, 0) is 24.6 Å². The molecule has 1 saturated heterocycles. The summed E-state index contributed by atoms with van der Waals surface area (Å²) in [6.07, 6.45) is 4.89. The van der Waals surface area contributed by atoms with Gasteiger partial charge in [0.1, 0.15) is 6.10 Å². The van der Waals surface area contributed by atoms with Gasteiger partial charge >= 0.3 is 0 Å². The molecule has 8 nitrogen and oxygen atoms in total. The van der Waals surface area contributed by atoms with Crippen LogP contribution in [0.4, 0.5) is 0 Å². The van der Waals surface area contributed by atoms with E-state index in [0.29, 0.717) is 24.5 Å². The van der Waals surface area contributed by atoms with Gasteiger partial charge in [0, 0.05) is 12.4 Å². The van der Waals surface area contributed by atoms with Crippen molar-refractivity contribution in [2.75, 3.05) is 13.2 Å². The molecule has 8 heteroatoms. The largest absolute Gasteiger partial charge is 0.482 e. The summed E-state index contributed by atoms with van der Waals surface area (Å²) in [4.78, 5) is 12.8. The predicted molar refractivity (Wildman–Crippen MR) is 90.5 cm³/mol. The van der Waals surface area contributed by atoms with Gasteiger partial charge in [0.15, 0.2) is 5.75 Å². The number of fused-ring (bicyclic) bond motifs is 1. The lowest BCUT2D eigenvalue weighted by Gasteiger charge is -2.20. The molecule has 0 spiro atoms. The molecule has 0 aliphatic carbocycles. The first-order valence-corrected chi connectivity index (χ1v) is 8.08. The molecule has 1 fully saturated rings. The molecule has 0 saturated carbocycles. The number of aromatic nitrogens is 4. The van der Waals surface area contributed by atoms with E-state index in [2.05, 4.69) is 20.6 Å². The summed E-state index contributed by atoms with van der Waals surface area (Å²) in [6, 6.07) is 3.61. The van der Waals surface area contributed by atoms with Gasteiger partial charge in [-0.1, -0.05) is 0 Å². The van der Waals surface area contributed by atoms with Crippen LogP contribution < -0.4 is 10.1 Å². The molecule has 3 heterocycles. The lowest BCUT2D eigenvalue weighted by Crippen LogP contribution is -2.45. The Balaban J connectivity index is 1.52. The van der Waals surface area contributed by atoms with E-state index < -0.39 is 0 Å². The lowest BCUT2D eigenvalue weighted by atomic mass is 10.1. The highest BCUT2D eigenvalue weighted by atomic mass is 16.5. The van der Waals surface area contributed by atoms with Crippen molar-refractivity contribution >= 4 is 16.8 Å². The van der Waals surface area contributed by atoms with E-state index in [1.54, 1.807) is 23.3 Å². The van der Waals surface area contributed by atoms with Gasteiger partial charge in [0.2, 0.25) is 0 Å². The van der Waals surface area contributed by atoms with Crippen LogP contribution >= 0.6 is 0 Å². The number of hydrogen-bond acceptors (Lipinski definition) is 5. The van der Waals surface area contributed by atoms with Crippen LogP contribution in [-0.4, -0.2) is 51.2 Å². The zero-order chi connectivity index (χ0) is 17.4. The number of benzene rings is 1. The number of ether oxygens (including phenoxy) is 2. The van der Waals surface area contributed by atoms with E-state index in [4.69, 9.17) is 9.47 Å². The minimum absolute atomic E-state index is 0.173. The zero-order valence-electron chi connectivity index (χ0n) is 14.0. The SMILES string of the molecule is Cc1cc(C(=O)N[C@H]2COC[C@H]2Oc2cnn(C)c2)c2[nH]ncc2c1. The third-order valence-electron chi connectivity index (χ3n) is 4.25. The smallest absolute Gasteiger partial charge is 0.253 e. The van der Waals surface area contributed by atoms with Crippen molar-refractivity contribution in [3.8, 4) is 5.75 Å². The van der Waals surface area contributed by atoms with Crippen LogP contribution in [0.1, 0.15) is 15.9 Å². The third kappa shape index (κ3) is 3.08. The van der Waals surface area contributed by atoms with Crippen LogP contribution in [0.2, 0.25) is 0 Å². The second-order valence-electron chi connectivity index (χ2n) is 6.27. The summed E-state index contributed by atoms with van der Waals surface area (Å²) < 4.78 is 13.1. The van der Waals surface area contributed by atoms with E-state index in [-0.39, 0.29) is 18.1 Å². The molecule has 0 bridgehead atoms. The summed E-state index contributed by atoms with van der Waals surface area (Å²) in [6.45, 7) is 2.79. The van der Waals surface area contributed by atoms with Gasteiger partial charge in [-0.2, -0.15) is 10.2 Å². The molecule has 0 unspecified atom stereocenters. The fourth-order valence-electron chi connectivity index (χ4n) is 3.05. The van der Waals surface area contributed by atoms with E-state index in [0.717, 1.165) is 16.5 Å². The van der Waals surface area contributed by atoms with Crippen molar-refractivity contribution in [1.29, 1.82) is 0 Å². The van der Waals surface area contributed by atoms with Crippen molar-refractivity contribution in [2.24, 2.45) is 7.05 Å². The highest BCUT2D eigenvalue weighted by Crippen LogP contribution is 2.20. The number of amides is 1. The fourth-order valence-corrected chi connectivity index (χ4v) is 3.05. The highest BCUT2D eigenvalue weighted by molar-refractivity contribution is 6.05. The lowest BCUT2D eigenvalue weighted by molar-refractivity contribution is 0.0905. The molecule has 2 aromatic heterocycles. The number of nitrogens with zero attached hydrogens (tertiary/aromatic N) is 3. The number of rotatable bonds is 4. The number of hydrogen-bond donors (Lipinski definition) is 2. The number of carbonyl (C=O) groups excluding carboxylic acids is 1. The number of aromatic amines is 1.